The number of hydrogen-bond acceptors (Lipinski definition) is 7. The van der Waals surface area contributed by atoms with E-state index in [2.05, 4.69) is 51.1 Å². The van der Waals surface area contributed by atoms with Crippen molar-refractivity contribution in [2.24, 2.45) is 0 Å². The molecule has 1 saturated heterocycles. The lowest BCUT2D eigenvalue weighted by atomic mass is 9.75. The predicted octanol–water partition coefficient (Wildman–Crippen LogP) is 5.18. The number of pyridine rings is 1. The molecule has 0 bridgehead atoms. The first kappa shape index (κ1) is 27.4. The molecule has 0 spiro atoms. The van der Waals surface area contributed by atoms with E-state index >= 15 is 0 Å². The van der Waals surface area contributed by atoms with Crippen molar-refractivity contribution in [3.05, 3.63) is 59.8 Å². The fourth-order valence-corrected chi connectivity index (χ4v) is 6.13. The second-order valence-corrected chi connectivity index (χ2v) is 17.2. The molecule has 0 saturated carbocycles. The van der Waals surface area contributed by atoms with Crippen LogP contribution in [0, 0.1) is 17.1 Å². The van der Waals surface area contributed by atoms with Gasteiger partial charge in [-0.15, -0.1) is 0 Å². The van der Waals surface area contributed by atoms with Crippen molar-refractivity contribution < 1.29 is 9.13 Å². The van der Waals surface area contributed by atoms with Crippen LogP contribution >= 0.6 is 11.6 Å². The molecule has 2 atom stereocenters. The number of nitrogens with zero attached hydrogens (tertiary/aromatic N) is 7. The minimum Gasteiger partial charge on any atom is -0.361 e. The summed E-state index contributed by atoms with van der Waals surface area (Å²) in [5.41, 5.74) is 2.43. The van der Waals surface area contributed by atoms with Crippen molar-refractivity contribution in [3.8, 4) is 17.3 Å². The Balaban J connectivity index is 1.45. The lowest BCUT2D eigenvalue weighted by molar-refractivity contribution is 0.0899. The van der Waals surface area contributed by atoms with Crippen LogP contribution in [0.5, 0.6) is 0 Å². The number of hydrogen-bond donors (Lipinski definition) is 1. The third kappa shape index (κ3) is 5.61. The lowest BCUT2D eigenvalue weighted by Crippen LogP contribution is -2.40. The molecule has 1 aliphatic heterocycles. The van der Waals surface area contributed by atoms with Crippen LogP contribution in [0.2, 0.25) is 30.8 Å². The third-order valence-corrected chi connectivity index (χ3v) is 9.37. The molecule has 1 N–H and O–H groups in total. The molecule has 0 aliphatic carbocycles. The SMILES string of the molecule is C[Si](C)(C)CCOCn1ccc2c(-c3cnn([C@@H](CC#N)[C@]4(c5ccc(F)c(Cl)n5)CCNC4)c3)ncnc21. The number of rotatable bonds is 10. The molecular weight excluding hydrogens is 535 g/mol. The highest BCUT2D eigenvalue weighted by Crippen LogP contribution is 2.43. The molecule has 0 amide bonds. The molecule has 0 unspecified atom stereocenters. The van der Waals surface area contributed by atoms with Crippen LogP contribution < -0.4 is 5.32 Å². The van der Waals surface area contributed by atoms with Gasteiger partial charge in [0.05, 0.1) is 36.1 Å². The zero-order valence-corrected chi connectivity index (χ0v) is 24.1. The van der Waals surface area contributed by atoms with Gasteiger partial charge in [0.15, 0.2) is 11.0 Å². The maximum Gasteiger partial charge on any atom is 0.165 e. The molecule has 12 heteroatoms. The van der Waals surface area contributed by atoms with E-state index in [4.69, 9.17) is 16.3 Å². The number of ether oxygens (including phenoxy) is 1. The second kappa shape index (κ2) is 11.1. The zero-order chi connectivity index (χ0) is 27.6. The Labute approximate surface area is 233 Å². The van der Waals surface area contributed by atoms with E-state index in [0.29, 0.717) is 25.4 Å². The van der Waals surface area contributed by atoms with Crippen LogP contribution in [0.1, 0.15) is 24.6 Å². The van der Waals surface area contributed by atoms with Crippen LogP contribution in [0.4, 0.5) is 4.39 Å². The molecule has 0 aromatic carbocycles. The summed E-state index contributed by atoms with van der Waals surface area (Å²) in [5, 5.41) is 18.6. The van der Waals surface area contributed by atoms with Gasteiger partial charge in [-0.1, -0.05) is 31.2 Å². The Kier molecular flexibility index (Phi) is 7.82. The van der Waals surface area contributed by atoms with E-state index in [1.807, 2.05) is 27.7 Å². The fourth-order valence-electron chi connectivity index (χ4n) is 5.22. The van der Waals surface area contributed by atoms with Gasteiger partial charge in [-0.25, -0.2) is 19.3 Å². The Hall–Kier alpha value is -3.17. The third-order valence-electron chi connectivity index (χ3n) is 7.40. The Morgan fingerprint density at radius 1 is 1.28 bits per heavy atom. The first-order valence-corrected chi connectivity index (χ1v) is 17.1. The Bertz CT molecular complexity index is 1500. The molecular formula is C27H32ClFN8OSi. The van der Waals surface area contributed by atoms with Gasteiger partial charge < -0.3 is 14.6 Å². The normalized spacial score (nSPS) is 18.5. The fraction of sp³-hybridized carbons (Fsp3) is 0.444. The van der Waals surface area contributed by atoms with E-state index in [0.717, 1.165) is 41.5 Å². The summed E-state index contributed by atoms with van der Waals surface area (Å²) in [7, 11) is -1.16. The number of nitrogens with one attached hydrogen (secondary N) is 1. The molecule has 1 aliphatic rings. The van der Waals surface area contributed by atoms with Crippen molar-refractivity contribution in [1.29, 1.82) is 5.26 Å². The van der Waals surface area contributed by atoms with Gasteiger partial charge in [0, 0.05) is 50.0 Å². The predicted molar refractivity (Wildman–Crippen MR) is 150 cm³/mol. The highest BCUT2D eigenvalue weighted by Gasteiger charge is 2.46. The molecule has 1 fully saturated rings. The largest absolute Gasteiger partial charge is 0.361 e. The van der Waals surface area contributed by atoms with E-state index in [9.17, 15) is 9.65 Å². The minimum atomic E-state index is -1.16. The number of fused-ring (bicyclic) bond motifs is 1. The number of halogens is 2. The number of nitriles is 1. The van der Waals surface area contributed by atoms with Crippen molar-refractivity contribution >= 4 is 30.7 Å². The van der Waals surface area contributed by atoms with Crippen molar-refractivity contribution in [3.63, 3.8) is 0 Å². The quantitative estimate of drug-likeness (QED) is 0.160. The summed E-state index contributed by atoms with van der Waals surface area (Å²) in [6, 6.07) is 8.05. The maximum absolute atomic E-state index is 13.9. The molecule has 9 nitrogen and oxygen atoms in total. The monoisotopic (exact) mass is 566 g/mol. The van der Waals surface area contributed by atoms with E-state index in [-0.39, 0.29) is 17.6 Å². The average molecular weight is 567 g/mol. The van der Waals surface area contributed by atoms with Gasteiger partial charge in [0.25, 0.3) is 0 Å². The average Bonchev–Trinajstić information content (AvgIpc) is 3.67. The molecule has 0 radical (unpaired) electrons. The first-order chi connectivity index (χ1) is 18.7. The van der Waals surface area contributed by atoms with E-state index in [1.165, 1.54) is 6.07 Å². The first-order valence-electron chi connectivity index (χ1n) is 13.0. The Morgan fingerprint density at radius 2 is 2.13 bits per heavy atom. The van der Waals surface area contributed by atoms with Crippen LogP contribution in [-0.4, -0.2) is 57.1 Å². The van der Waals surface area contributed by atoms with Crippen molar-refractivity contribution in [2.45, 2.75) is 56.7 Å². The minimum absolute atomic E-state index is 0.173. The van der Waals surface area contributed by atoms with Crippen LogP contribution in [0.3, 0.4) is 0 Å². The van der Waals surface area contributed by atoms with Gasteiger partial charge in [-0.2, -0.15) is 10.4 Å². The smallest absolute Gasteiger partial charge is 0.165 e. The highest BCUT2D eigenvalue weighted by molar-refractivity contribution is 6.76. The maximum atomic E-state index is 13.9. The van der Waals surface area contributed by atoms with Crippen LogP contribution in [0.25, 0.3) is 22.3 Å². The second-order valence-electron chi connectivity index (χ2n) is 11.2. The standard InChI is InChI=1S/C27H32ClFN8OSi/c1-39(2,3)13-12-38-18-36-11-7-20-24(32-17-33-26(20)36)19-14-34-37(15-19)23(6-9-30)27(8-10-31-16-27)22-5-4-21(29)25(28)35-22/h4-5,7,11,14-15,17,23,31H,6,8,10,12-13,16,18H2,1-3H3/t23-,27+/m0/s1. The van der Waals surface area contributed by atoms with Gasteiger partial charge in [-0.05, 0) is 37.2 Å². The van der Waals surface area contributed by atoms with Gasteiger partial charge in [0.1, 0.15) is 18.7 Å². The van der Waals surface area contributed by atoms with Gasteiger partial charge >= 0.3 is 0 Å². The molecule has 4 aromatic heterocycles. The molecule has 4 aromatic rings. The summed E-state index contributed by atoms with van der Waals surface area (Å²) in [5.74, 6) is -0.569. The van der Waals surface area contributed by atoms with E-state index in [1.54, 1.807) is 18.6 Å². The van der Waals surface area contributed by atoms with Crippen LogP contribution in [0.15, 0.2) is 43.1 Å². The van der Waals surface area contributed by atoms with Gasteiger partial charge in [0.2, 0.25) is 0 Å². The molecule has 39 heavy (non-hydrogen) atoms. The molecule has 204 valence electrons. The number of aromatic nitrogens is 6. The van der Waals surface area contributed by atoms with E-state index < -0.39 is 19.3 Å². The summed E-state index contributed by atoms with van der Waals surface area (Å²) in [6.07, 6.45) is 8.09. The summed E-state index contributed by atoms with van der Waals surface area (Å²) in [4.78, 5) is 13.5. The topological polar surface area (TPSA) is 106 Å². The summed E-state index contributed by atoms with van der Waals surface area (Å²) >= 11 is 6.07. The summed E-state index contributed by atoms with van der Waals surface area (Å²) in [6.45, 7) is 9.46. The van der Waals surface area contributed by atoms with Crippen molar-refractivity contribution in [2.75, 3.05) is 19.7 Å². The summed E-state index contributed by atoms with van der Waals surface area (Å²) < 4.78 is 23.7. The lowest BCUT2D eigenvalue weighted by Gasteiger charge is -2.35. The molecule has 5 heterocycles. The van der Waals surface area contributed by atoms with Gasteiger partial charge in [-0.3, -0.25) is 4.68 Å². The highest BCUT2D eigenvalue weighted by atomic mass is 35.5. The van der Waals surface area contributed by atoms with Crippen LogP contribution in [-0.2, 0) is 16.9 Å². The Morgan fingerprint density at radius 3 is 2.85 bits per heavy atom. The molecule has 5 rings (SSSR count). The van der Waals surface area contributed by atoms with Crippen molar-refractivity contribution in [1.82, 2.24) is 34.6 Å². The zero-order valence-electron chi connectivity index (χ0n) is 22.4.